The van der Waals surface area contributed by atoms with Gasteiger partial charge in [-0.3, -0.25) is 14.2 Å². The number of nitrogens with one attached hydrogen (secondary N) is 1. The van der Waals surface area contributed by atoms with Crippen molar-refractivity contribution in [3.63, 3.8) is 0 Å². The monoisotopic (exact) mass is 532 g/mol. The van der Waals surface area contributed by atoms with Crippen molar-refractivity contribution in [3.05, 3.63) is 107 Å². The van der Waals surface area contributed by atoms with Crippen LogP contribution in [-0.4, -0.2) is 31.1 Å². The van der Waals surface area contributed by atoms with Crippen molar-refractivity contribution in [2.75, 3.05) is 6.26 Å². The third-order valence-corrected chi connectivity index (χ3v) is 6.45. The second-order valence-electron chi connectivity index (χ2n) is 8.52. The zero-order valence-electron chi connectivity index (χ0n) is 19.3. The average Bonchev–Trinajstić information content (AvgIpc) is 3.24. The zero-order chi connectivity index (χ0) is 27.0. The molecular weight excluding hydrogens is 512 g/mol. The van der Waals surface area contributed by atoms with E-state index in [1.165, 1.54) is 53.2 Å². The van der Waals surface area contributed by atoms with Gasteiger partial charge in [0.1, 0.15) is 5.82 Å². The Morgan fingerprint density at radius 3 is 2.38 bits per heavy atom. The van der Waals surface area contributed by atoms with E-state index >= 15 is 0 Å². The number of carbonyl (C=O) groups excluding carboxylic acids is 2. The second kappa shape index (κ2) is 9.81. The highest BCUT2D eigenvalue weighted by Crippen LogP contribution is 2.33. The maximum atomic E-state index is 13.6. The van der Waals surface area contributed by atoms with Gasteiger partial charge in [-0.2, -0.15) is 13.2 Å². The van der Waals surface area contributed by atoms with E-state index in [2.05, 4.69) is 5.32 Å². The Hall–Kier alpha value is -3.99. The number of nitrogens with zero attached hydrogens (tertiary/aromatic N) is 1. The van der Waals surface area contributed by atoms with E-state index in [1.54, 1.807) is 6.07 Å². The first-order valence-corrected chi connectivity index (χ1v) is 12.9. The van der Waals surface area contributed by atoms with E-state index in [4.69, 9.17) is 0 Å². The number of rotatable bonds is 6. The summed E-state index contributed by atoms with van der Waals surface area (Å²) in [5.74, 6) is -2.20. The number of sulfone groups is 1. The Morgan fingerprint density at radius 2 is 1.70 bits per heavy atom. The summed E-state index contributed by atoms with van der Waals surface area (Å²) in [7, 11) is -3.53. The van der Waals surface area contributed by atoms with Gasteiger partial charge in [0.15, 0.2) is 9.84 Å². The van der Waals surface area contributed by atoms with Gasteiger partial charge in [-0.1, -0.05) is 18.2 Å². The maximum Gasteiger partial charge on any atom is 0.416 e. The standard InChI is InChI=1S/C26H20F4N2O4S/c1-37(35,36)15-16-5-6-20(22(11-16)26(28,29)30)14-31-24(33)18-7-8-23-17(12-18)9-10-32(23)25(34)19-3-2-4-21(27)13-19/h2-13H,14-15H2,1H3,(H,31,33). The zero-order valence-corrected chi connectivity index (χ0v) is 20.2. The molecule has 0 spiro atoms. The molecule has 0 radical (unpaired) electrons. The molecule has 3 aromatic carbocycles. The Labute approximate surface area is 209 Å². The number of carbonyl (C=O) groups is 2. The van der Waals surface area contributed by atoms with Gasteiger partial charge in [0, 0.05) is 35.5 Å². The van der Waals surface area contributed by atoms with Gasteiger partial charge in [-0.15, -0.1) is 0 Å². The highest BCUT2D eigenvalue weighted by molar-refractivity contribution is 7.89. The number of hydrogen-bond acceptors (Lipinski definition) is 4. The van der Waals surface area contributed by atoms with E-state index in [9.17, 15) is 35.6 Å². The van der Waals surface area contributed by atoms with Gasteiger partial charge in [0.05, 0.1) is 16.8 Å². The molecule has 0 aliphatic heterocycles. The molecule has 192 valence electrons. The van der Waals surface area contributed by atoms with E-state index in [-0.39, 0.29) is 22.3 Å². The molecule has 11 heteroatoms. The molecule has 4 aromatic rings. The van der Waals surface area contributed by atoms with Gasteiger partial charge in [0.25, 0.3) is 11.8 Å². The van der Waals surface area contributed by atoms with Crippen molar-refractivity contribution in [2.45, 2.75) is 18.5 Å². The van der Waals surface area contributed by atoms with Crippen molar-refractivity contribution in [1.29, 1.82) is 0 Å². The molecule has 6 nitrogen and oxygen atoms in total. The summed E-state index contributed by atoms with van der Waals surface area (Å²) in [5.41, 5.74) is -0.490. The van der Waals surface area contributed by atoms with Gasteiger partial charge < -0.3 is 5.32 Å². The number of fused-ring (bicyclic) bond motifs is 1. The largest absolute Gasteiger partial charge is 0.416 e. The van der Waals surface area contributed by atoms with Crippen molar-refractivity contribution < 1.29 is 35.6 Å². The minimum atomic E-state index is -4.75. The highest BCUT2D eigenvalue weighted by Gasteiger charge is 2.33. The van der Waals surface area contributed by atoms with Crippen LogP contribution < -0.4 is 5.32 Å². The average molecular weight is 533 g/mol. The van der Waals surface area contributed by atoms with Crippen LogP contribution in [0.15, 0.2) is 72.9 Å². The van der Waals surface area contributed by atoms with Crippen LogP contribution in [0, 0.1) is 5.82 Å². The van der Waals surface area contributed by atoms with Crippen molar-refractivity contribution >= 4 is 32.6 Å². The fraction of sp³-hybridized carbons (Fsp3) is 0.154. The van der Waals surface area contributed by atoms with Crippen LogP contribution in [0.1, 0.15) is 37.4 Å². The van der Waals surface area contributed by atoms with Crippen molar-refractivity contribution in [1.82, 2.24) is 9.88 Å². The first-order chi connectivity index (χ1) is 17.3. The maximum absolute atomic E-state index is 13.6. The molecule has 0 atom stereocenters. The number of amides is 1. The topological polar surface area (TPSA) is 85.2 Å². The normalized spacial score (nSPS) is 12.0. The van der Waals surface area contributed by atoms with Crippen LogP contribution in [0.25, 0.3) is 10.9 Å². The van der Waals surface area contributed by atoms with E-state index in [0.29, 0.717) is 10.9 Å². The van der Waals surface area contributed by atoms with E-state index in [1.807, 2.05) is 0 Å². The Balaban J connectivity index is 1.54. The lowest BCUT2D eigenvalue weighted by atomic mass is 10.0. The van der Waals surface area contributed by atoms with E-state index in [0.717, 1.165) is 24.5 Å². The number of hydrogen-bond donors (Lipinski definition) is 1. The molecular formula is C26H20F4N2O4S. The van der Waals surface area contributed by atoms with Crippen molar-refractivity contribution in [2.24, 2.45) is 0 Å². The summed E-state index contributed by atoms with van der Waals surface area (Å²) in [4.78, 5) is 25.4. The highest BCUT2D eigenvalue weighted by atomic mass is 32.2. The lowest BCUT2D eigenvalue weighted by Gasteiger charge is -2.15. The molecule has 4 rings (SSSR count). The molecule has 0 fully saturated rings. The van der Waals surface area contributed by atoms with Crippen LogP contribution in [0.4, 0.5) is 17.6 Å². The molecule has 0 unspecified atom stereocenters. The number of alkyl halides is 3. The molecule has 1 heterocycles. The van der Waals surface area contributed by atoms with Gasteiger partial charge >= 0.3 is 6.18 Å². The molecule has 0 saturated carbocycles. The lowest BCUT2D eigenvalue weighted by molar-refractivity contribution is -0.138. The second-order valence-corrected chi connectivity index (χ2v) is 10.7. The lowest BCUT2D eigenvalue weighted by Crippen LogP contribution is -2.24. The quantitative estimate of drug-likeness (QED) is 0.356. The summed E-state index contributed by atoms with van der Waals surface area (Å²) in [6.07, 6.45) is -2.34. The van der Waals surface area contributed by atoms with Crippen LogP contribution >= 0.6 is 0 Å². The summed E-state index contributed by atoms with van der Waals surface area (Å²) in [5, 5.41) is 2.98. The first-order valence-electron chi connectivity index (χ1n) is 10.9. The van der Waals surface area contributed by atoms with Crippen LogP contribution in [0.2, 0.25) is 0 Å². The molecule has 0 saturated heterocycles. The molecule has 1 N–H and O–H groups in total. The smallest absolute Gasteiger partial charge is 0.348 e. The Bertz CT molecular complexity index is 1630. The minimum absolute atomic E-state index is 0.00680. The van der Waals surface area contributed by atoms with E-state index < -0.39 is 51.5 Å². The fourth-order valence-corrected chi connectivity index (χ4v) is 4.72. The van der Waals surface area contributed by atoms with Crippen molar-refractivity contribution in [3.8, 4) is 0 Å². The summed E-state index contributed by atoms with van der Waals surface area (Å²) in [6, 6.07) is 14.4. The summed E-state index contributed by atoms with van der Waals surface area (Å²) in [6.45, 7) is -0.441. The predicted molar refractivity (Wildman–Crippen MR) is 129 cm³/mol. The summed E-state index contributed by atoms with van der Waals surface area (Å²) >= 11 is 0. The number of aromatic nitrogens is 1. The summed E-state index contributed by atoms with van der Waals surface area (Å²) < 4.78 is 78.5. The molecule has 37 heavy (non-hydrogen) atoms. The predicted octanol–water partition coefficient (Wildman–Crippen LogP) is 4.96. The van der Waals surface area contributed by atoms with Crippen LogP contribution in [0.3, 0.4) is 0 Å². The number of halogens is 4. The molecule has 1 aromatic heterocycles. The molecule has 0 aliphatic carbocycles. The third-order valence-electron chi connectivity index (χ3n) is 5.59. The van der Waals surface area contributed by atoms with Crippen LogP contribution in [0.5, 0.6) is 0 Å². The first kappa shape index (κ1) is 26.1. The van der Waals surface area contributed by atoms with Crippen LogP contribution in [-0.2, 0) is 28.3 Å². The Kier molecular flexibility index (Phi) is 6.92. The number of benzene rings is 3. The van der Waals surface area contributed by atoms with Gasteiger partial charge in [-0.25, -0.2) is 12.8 Å². The minimum Gasteiger partial charge on any atom is -0.348 e. The molecule has 0 bridgehead atoms. The third kappa shape index (κ3) is 6.05. The van der Waals surface area contributed by atoms with Gasteiger partial charge in [-0.05, 0) is 59.7 Å². The SMILES string of the molecule is CS(=O)(=O)Cc1ccc(CNC(=O)c2ccc3c(ccn3C(=O)c3cccc(F)c3)c2)c(C(F)(F)F)c1. The fourth-order valence-electron chi connectivity index (χ4n) is 3.93. The Morgan fingerprint density at radius 1 is 0.946 bits per heavy atom. The molecule has 0 aliphatic rings. The molecule has 1 amide bonds. The van der Waals surface area contributed by atoms with Gasteiger partial charge in [0.2, 0.25) is 0 Å².